The van der Waals surface area contributed by atoms with Crippen molar-refractivity contribution < 1.29 is 9.66 Å². The fraction of sp³-hybridized carbons (Fsp3) is 0.0909. The number of rotatable bonds is 3. The van der Waals surface area contributed by atoms with Gasteiger partial charge >= 0.3 is 5.69 Å². The average Bonchev–Trinajstić information content (AvgIpc) is 2.38. The Morgan fingerprint density at radius 2 is 1.85 bits per heavy atom. The molecule has 0 aliphatic carbocycles. The molecular weight excluding hydrogens is 328 g/mol. The molecule has 0 atom stereocenters. The Balaban J connectivity index is 2.50. The number of ether oxygens (including phenoxy) is 1. The molecule has 2 aromatic rings. The fourth-order valence-corrected chi connectivity index (χ4v) is 1.80. The van der Waals surface area contributed by atoms with Crippen LogP contribution in [0.25, 0.3) is 0 Å². The number of benzene rings is 1. The molecule has 2 rings (SSSR count). The van der Waals surface area contributed by atoms with Crippen LogP contribution < -0.4 is 4.74 Å². The number of halogens is 3. The van der Waals surface area contributed by atoms with Crippen molar-refractivity contribution in [3.63, 3.8) is 0 Å². The van der Waals surface area contributed by atoms with Crippen molar-refractivity contribution in [3.05, 3.63) is 49.3 Å². The fourth-order valence-electron chi connectivity index (χ4n) is 1.36. The summed E-state index contributed by atoms with van der Waals surface area (Å²) >= 11 is 17.4. The van der Waals surface area contributed by atoms with E-state index in [1.165, 1.54) is 12.4 Å². The predicted octanol–water partition coefficient (Wildman–Crippen LogP) is 4.45. The molecule has 0 aliphatic rings. The van der Waals surface area contributed by atoms with Crippen LogP contribution in [0.3, 0.4) is 0 Å². The van der Waals surface area contributed by atoms with Crippen LogP contribution in [0.2, 0.25) is 15.2 Å². The van der Waals surface area contributed by atoms with Crippen molar-refractivity contribution in [1.82, 2.24) is 9.97 Å². The minimum atomic E-state index is -0.629. The van der Waals surface area contributed by atoms with Gasteiger partial charge in [-0.05, 0) is 6.92 Å². The van der Waals surface area contributed by atoms with Crippen LogP contribution in [0.5, 0.6) is 11.6 Å². The monoisotopic (exact) mass is 333 g/mol. The lowest BCUT2D eigenvalue weighted by Gasteiger charge is -2.09. The Kier molecular flexibility index (Phi) is 4.27. The van der Waals surface area contributed by atoms with E-state index in [0.29, 0.717) is 5.56 Å². The summed E-state index contributed by atoms with van der Waals surface area (Å²) in [5, 5.41) is 11.4. The lowest BCUT2D eigenvalue weighted by molar-refractivity contribution is -0.385. The van der Waals surface area contributed by atoms with Gasteiger partial charge in [0.25, 0.3) is 0 Å². The Bertz CT molecular complexity index is 694. The molecule has 6 nitrogen and oxygen atoms in total. The second kappa shape index (κ2) is 5.78. The van der Waals surface area contributed by atoms with Crippen LogP contribution in [-0.4, -0.2) is 14.9 Å². The van der Waals surface area contributed by atoms with Crippen LogP contribution >= 0.6 is 34.8 Å². The van der Waals surface area contributed by atoms with E-state index in [-0.39, 0.29) is 32.5 Å². The molecule has 0 saturated heterocycles. The largest absolute Gasteiger partial charge is 0.431 e. The summed E-state index contributed by atoms with van der Waals surface area (Å²) in [6.07, 6.45) is 1.19. The molecular formula is C11H6Cl3N3O3. The third kappa shape index (κ3) is 2.92. The Labute approximate surface area is 128 Å². The van der Waals surface area contributed by atoms with Crippen molar-refractivity contribution in [3.8, 4) is 11.6 Å². The molecule has 9 heteroatoms. The summed E-state index contributed by atoms with van der Waals surface area (Å²) in [6, 6.07) is 2.36. The first kappa shape index (κ1) is 14.8. The zero-order valence-corrected chi connectivity index (χ0v) is 12.2. The van der Waals surface area contributed by atoms with E-state index < -0.39 is 4.92 Å². The van der Waals surface area contributed by atoms with Gasteiger partial charge in [-0.25, -0.2) is 9.97 Å². The van der Waals surface area contributed by atoms with Crippen LogP contribution in [0.1, 0.15) is 5.56 Å². The molecule has 0 N–H and O–H groups in total. The maximum atomic E-state index is 11.0. The molecule has 0 spiro atoms. The highest BCUT2D eigenvalue weighted by molar-refractivity contribution is 6.42. The zero-order chi connectivity index (χ0) is 14.9. The summed E-state index contributed by atoms with van der Waals surface area (Å²) in [5.74, 6) is 0.0220. The van der Waals surface area contributed by atoms with Gasteiger partial charge in [-0.1, -0.05) is 34.8 Å². The standard InChI is InChI=1S/C11H6Cl3N3O3/c1-5-10(14)15-4-16-11(5)20-9-3-7(13)6(12)2-8(9)17(18)19/h2-4H,1H3. The van der Waals surface area contributed by atoms with Crippen LogP contribution in [0, 0.1) is 17.0 Å². The van der Waals surface area contributed by atoms with Gasteiger partial charge in [-0.15, -0.1) is 0 Å². The van der Waals surface area contributed by atoms with Crippen molar-refractivity contribution in [1.29, 1.82) is 0 Å². The Hall–Kier alpha value is -1.63. The molecule has 1 heterocycles. The van der Waals surface area contributed by atoms with Crippen LogP contribution in [0.15, 0.2) is 18.5 Å². The summed E-state index contributed by atoms with van der Waals surface area (Å²) in [7, 11) is 0. The van der Waals surface area contributed by atoms with E-state index in [4.69, 9.17) is 39.5 Å². The molecule has 0 unspecified atom stereocenters. The van der Waals surface area contributed by atoms with Gasteiger partial charge in [-0.3, -0.25) is 10.1 Å². The second-order valence-electron chi connectivity index (χ2n) is 3.69. The van der Waals surface area contributed by atoms with E-state index in [0.717, 1.165) is 6.07 Å². The van der Waals surface area contributed by atoms with E-state index in [9.17, 15) is 10.1 Å². The smallest absolute Gasteiger partial charge is 0.313 e. The molecule has 1 aromatic heterocycles. The second-order valence-corrected chi connectivity index (χ2v) is 4.86. The van der Waals surface area contributed by atoms with Crippen LogP contribution in [-0.2, 0) is 0 Å². The first-order chi connectivity index (χ1) is 9.40. The molecule has 0 radical (unpaired) electrons. The normalized spacial score (nSPS) is 10.4. The molecule has 0 saturated carbocycles. The van der Waals surface area contributed by atoms with Crippen LogP contribution in [0.4, 0.5) is 5.69 Å². The van der Waals surface area contributed by atoms with E-state index in [1.807, 2.05) is 0 Å². The molecule has 104 valence electrons. The summed E-state index contributed by atoms with van der Waals surface area (Å²) in [5.41, 5.74) is 0.128. The summed E-state index contributed by atoms with van der Waals surface area (Å²) in [6.45, 7) is 1.63. The molecule has 0 amide bonds. The average molecular weight is 335 g/mol. The maximum absolute atomic E-state index is 11.0. The van der Waals surface area contributed by atoms with E-state index in [1.54, 1.807) is 6.92 Å². The Morgan fingerprint density at radius 1 is 1.20 bits per heavy atom. The minimum Gasteiger partial charge on any atom is -0.431 e. The first-order valence-electron chi connectivity index (χ1n) is 5.18. The van der Waals surface area contributed by atoms with Gasteiger partial charge < -0.3 is 4.74 Å². The lowest BCUT2D eigenvalue weighted by atomic mass is 10.3. The van der Waals surface area contributed by atoms with E-state index in [2.05, 4.69) is 9.97 Å². The third-order valence-electron chi connectivity index (χ3n) is 2.38. The van der Waals surface area contributed by atoms with Gasteiger partial charge in [-0.2, -0.15) is 0 Å². The number of nitro benzene ring substituents is 1. The van der Waals surface area contributed by atoms with Crippen molar-refractivity contribution >= 4 is 40.5 Å². The van der Waals surface area contributed by atoms with E-state index >= 15 is 0 Å². The predicted molar refractivity (Wildman–Crippen MR) is 75.0 cm³/mol. The number of hydrogen-bond acceptors (Lipinski definition) is 5. The van der Waals surface area contributed by atoms with Gasteiger partial charge in [0.15, 0.2) is 0 Å². The number of hydrogen-bond donors (Lipinski definition) is 0. The van der Waals surface area contributed by atoms with Crippen molar-refractivity contribution in [2.75, 3.05) is 0 Å². The minimum absolute atomic E-state index is 0.0585. The summed E-state index contributed by atoms with van der Waals surface area (Å²) in [4.78, 5) is 18.0. The molecule has 20 heavy (non-hydrogen) atoms. The molecule has 0 aliphatic heterocycles. The van der Waals surface area contributed by atoms with Gasteiger partial charge in [0.2, 0.25) is 11.6 Å². The molecule has 1 aromatic carbocycles. The van der Waals surface area contributed by atoms with Gasteiger partial charge in [0.05, 0.1) is 15.0 Å². The highest BCUT2D eigenvalue weighted by atomic mass is 35.5. The third-order valence-corrected chi connectivity index (χ3v) is 3.48. The lowest BCUT2D eigenvalue weighted by Crippen LogP contribution is -1.97. The van der Waals surface area contributed by atoms with Gasteiger partial charge in [0.1, 0.15) is 11.5 Å². The number of aromatic nitrogens is 2. The van der Waals surface area contributed by atoms with Crippen molar-refractivity contribution in [2.45, 2.75) is 6.92 Å². The number of nitro groups is 1. The Morgan fingerprint density at radius 3 is 2.50 bits per heavy atom. The highest BCUT2D eigenvalue weighted by Crippen LogP contribution is 2.38. The maximum Gasteiger partial charge on any atom is 0.313 e. The highest BCUT2D eigenvalue weighted by Gasteiger charge is 2.20. The molecule has 0 fully saturated rings. The SMILES string of the molecule is Cc1c(Cl)ncnc1Oc1cc(Cl)c(Cl)cc1[N+](=O)[O-]. The van der Waals surface area contributed by atoms with Crippen molar-refractivity contribution in [2.24, 2.45) is 0 Å². The molecule has 0 bridgehead atoms. The zero-order valence-electron chi connectivity index (χ0n) is 9.93. The van der Waals surface area contributed by atoms with Gasteiger partial charge in [0, 0.05) is 17.7 Å². The first-order valence-corrected chi connectivity index (χ1v) is 6.32. The summed E-state index contributed by atoms with van der Waals surface area (Å²) < 4.78 is 5.40. The number of nitrogens with zero attached hydrogens (tertiary/aromatic N) is 3. The topological polar surface area (TPSA) is 78.2 Å². The quantitative estimate of drug-likeness (QED) is 0.471.